The van der Waals surface area contributed by atoms with Gasteiger partial charge in [-0.1, -0.05) is 6.92 Å². The summed E-state index contributed by atoms with van der Waals surface area (Å²) in [7, 11) is 2.05. The van der Waals surface area contributed by atoms with Gasteiger partial charge in [-0.2, -0.15) is 4.98 Å². The van der Waals surface area contributed by atoms with Crippen molar-refractivity contribution in [3.8, 4) is 5.88 Å². The average Bonchev–Trinajstić information content (AvgIpc) is 2.45. The summed E-state index contributed by atoms with van der Waals surface area (Å²) in [5.74, 6) is 1.41. The molecule has 2 rings (SSSR count). The maximum Gasteiger partial charge on any atom is 0.228 e. The van der Waals surface area contributed by atoms with Gasteiger partial charge in [-0.05, 0) is 25.8 Å². The summed E-state index contributed by atoms with van der Waals surface area (Å²) in [6, 6.07) is 2.28. The van der Waals surface area contributed by atoms with Crippen LogP contribution in [0.5, 0.6) is 5.88 Å². The smallest absolute Gasteiger partial charge is 0.228 e. The quantitative estimate of drug-likeness (QED) is 0.857. The Labute approximate surface area is 109 Å². The van der Waals surface area contributed by atoms with Gasteiger partial charge in [0.05, 0.1) is 6.61 Å². The van der Waals surface area contributed by atoms with E-state index >= 15 is 0 Å². The van der Waals surface area contributed by atoms with Crippen LogP contribution in [0.1, 0.15) is 26.2 Å². The summed E-state index contributed by atoms with van der Waals surface area (Å²) >= 11 is 0. The fraction of sp³-hybridized carbons (Fsp3) is 0.692. The zero-order valence-corrected chi connectivity index (χ0v) is 11.2. The summed E-state index contributed by atoms with van der Waals surface area (Å²) < 4.78 is 5.54. The highest BCUT2D eigenvalue weighted by molar-refractivity contribution is 5.32. The molecule has 0 radical (unpaired) electrons. The Balaban J connectivity index is 2.02. The third-order valence-corrected chi connectivity index (χ3v) is 3.21. The lowest BCUT2D eigenvalue weighted by atomic mass is 10.1. The number of hydrogen-bond donors (Lipinski definition) is 1. The number of hydrogen-bond acceptors (Lipinski definition) is 5. The Kier molecular flexibility index (Phi) is 4.75. The van der Waals surface area contributed by atoms with Gasteiger partial charge in [0.1, 0.15) is 0 Å². The first-order valence-electron chi connectivity index (χ1n) is 6.70. The largest absolute Gasteiger partial charge is 0.478 e. The first-order chi connectivity index (χ1) is 8.81. The van der Waals surface area contributed by atoms with Crippen LogP contribution in [0, 0.1) is 0 Å². The number of likely N-dealkylation sites (N-methyl/N-ethyl adjacent to an activating group) is 1. The lowest BCUT2D eigenvalue weighted by molar-refractivity contribution is 0.304. The third-order valence-electron chi connectivity index (χ3n) is 3.21. The van der Waals surface area contributed by atoms with Crippen molar-refractivity contribution >= 4 is 5.95 Å². The molecule has 0 bridgehead atoms. The third kappa shape index (κ3) is 3.32. The second-order valence-corrected chi connectivity index (χ2v) is 4.65. The van der Waals surface area contributed by atoms with E-state index in [-0.39, 0.29) is 0 Å². The lowest BCUT2D eigenvalue weighted by Gasteiger charge is -2.31. The predicted molar refractivity (Wildman–Crippen MR) is 72.1 cm³/mol. The van der Waals surface area contributed by atoms with Gasteiger partial charge in [0, 0.05) is 31.9 Å². The van der Waals surface area contributed by atoms with Crippen LogP contribution < -0.4 is 15.0 Å². The van der Waals surface area contributed by atoms with E-state index in [1.807, 2.05) is 6.07 Å². The van der Waals surface area contributed by atoms with Crippen LogP contribution in [0.2, 0.25) is 0 Å². The summed E-state index contributed by atoms with van der Waals surface area (Å²) in [5.41, 5.74) is 0. The molecule has 18 heavy (non-hydrogen) atoms. The number of nitrogens with one attached hydrogen (secondary N) is 1. The first kappa shape index (κ1) is 13.1. The van der Waals surface area contributed by atoms with Gasteiger partial charge in [-0.15, -0.1) is 0 Å². The number of rotatable bonds is 5. The fourth-order valence-electron chi connectivity index (χ4n) is 2.12. The Morgan fingerprint density at radius 1 is 1.56 bits per heavy atom. The monoisotopic (exact) mass is 250 g/mol. The SMILES string of the molecule is CCCOc1ccnc(N(C)C2CCCNC2)n1. The number of nitrogens with zero attached hydrogens (tertiary/aromatic N) is 3. The molecule has 0 aromatic carbocycles. The molecule has 1 fully saturated rings. The Morgan fingerprint density at radius 2 is 2.44 bits per heavy atom. The Bertz CT molecular complexity index is 366. The van der Waals surface area contributed by atoms with Gasteiger partial charge in [-0.3, -0.25) is 0 Å². The molecule has 0 spiro atoms. The van der Waals surface area contributed by atoms with E-state index in [4.69, 9.17) is 4.74 Å². The van der Waals surface area contributed by atoms with Crippen molar-refractivity contribution in [3.63, 3.8) is 0 Å². The maximum absolute atomic E-state index is 5.54. The Morgan fingerprint density at radius 3 is 3.17 bits per heavy atom. The van der Waals surface area contributed by atoms with E-state index in [0.29, 0.717) is 18.5 Å². The van der Waals surface area contributed by atoms with Crippen LogP contribution in [0.25, 0.3) is 0 Å². The summed E-state index contributed by atoms with van der Waals surface area (Å²) in [4.78, 5) is 10.9. The molecule has 1 atom stereocenters. The topological polar surface area (TPSA) is 50.3 Å². The van der Waals surface area contributed by atoms with Crippen molar-refractivity contribution in [3.05, 3.63) is 12.3 Å². The maximum atomic E-state index is 5.54. The highest BCUT2D eigenvalue weighted by Crippen LogP contribution is 2.17. The number of piperidine rings is 1. The zero-order chi connectivity index (χ0) is 12.8. The number of aromatic nitrogens is 2. The van der Waals surface area contributed by atoms with Crippen molar-refractivity contribution in [2.75, 3.05) is 31.6 Å². The van der Waals surface area contributed by atoms with Gasteiger partial charge in [0.25, 0.3) is 0 Å². The van der Waals surface area contributed by atoms with E-state index in [2.05, 4.69) is 34.2 Å². The van der Waals surface area contributed by atoms with Crippen molar-refractivity contribution in [1.29, 1.82) is 0 Å². The van der Waals surface area contributed by atoms with Crippen molar-refractivity contribution in [1.82, 2.24) is 15.3 Å². The van der Waals surface area contributed by atoms with Crippen LogP contribution >= 0.6 is 0 Å². The van der Waals surface area contributed by atoms with Crippen LogP contribution in [0.15, 0.2) is 12.3 Å². The van der Waals surface area contributed by atoms with Crippen molar-refractivity contribution in [2.45, 2.75) is 32.2 Å². The Hall–Kier alpha value is -1.36. The minimum atomic E-state index is 0.472. The molecule has 0 aliphatic carbocycles. The molecule has 1 N–H and O–H groups in total. The number of ether oxygens (including phenoxy) is 1. The normalized spacial score (nSPS) is 19.6. The molecule has 1 unspecified atom stereocenters. The minimum absolute atomic E-state index is 0.472. The van der Waals surface area contributed by atoms with E-state index < -0.39 is 0 Å². The summed E-state index contributed by atoms with van der Waals surface area (Å²) in [6.45, 7) is 4.90. The van der Waals surface area contributed by atoms with Crippen LogP contribution in [0.4, 0.5) is 5.95 Å². The fourth-order valence-corrected chi connectivity index (χ4v) is 2.12. The van der Waals surface area contributed by atoms with Crippen LogP contribution in [-0.2, 0) is 0 Å². The molecule has 1 aliphatic heterocycles. The van der Waals surface area contributed by atoms with Crippen molar-refractivity contribution in [2.24, 2.45) is 0 Å². The standard InChI is InChI=1S/C13H22N4O/c1-3-9-18-12-6-8-15-13(16-12)17(2)11-5-4-7-14-10-11/h6,8,11,14H,3-5,7,9-10H2,1-2H3. The average molecular weight is 250 g/mol. The molecule has 1 aromatic heterocycles. The van der Waals surface area contributed by atoms with Crippen LogP contribution in [-0.4, -0.2) is 42.8 Å². The highest BCUT2D eigenvalue weighted by atomic mass is 16.5. The summed E-state index contributed by atoms with van der Waals surface area (Å²) in [6.07, 6.45) is 5.15. The van der Waals surface area contributed by atoms with Crippen molar-refractivity contribution < 1.29 is 4.74 Å². The molecule has 0 amide bonds. The first-order valence-corrected chi connectivity index (χ1v) is 6.70. The van der Waals surface area contributed by atoms with Gasteiger partial charge >= 0.3 is 0 Å². The second-order valence-electron chi connectivity index (χ2n) is 4.65. The number of anilines is 1. The molecule has 1 saturated heterocycles. The second kappa shape index (κ2) is 6.54. The van der Waals surface area contributed by atoms with Gasteiger partial charge in [0.15, 0.2) is 0 Å². The highest BCUT2D eigenvalue weighted by Gasteiger charge is 2.19. The van der Waals surface area contributed by atoms with E-state index in [0.717, 1.165) is 25.5 Å². The van der Waals surface area contributed by atoms with E-state index in [1.54, 1.807) is 6.20 Å². The van der Waals surface area contributed by atoms with Gasteiger partial charge < -0.3 is 15.0 Å². The zero-order valence-electron chi connectivity index (χ0n) is 11.2. The van der Waals surface area contributed by atoms with Gasteiger partial charge in [0.2, 0.25) is 11.8 Å². The molecule has 1 aliphatic rings. The molecule has 5 nitrogen and oxygen atoms in total. The molecule has 1 aromatic rings. The minimum Gasteiger partial charge on any atom is -0.478 e. The van der Waals surface area contributed by atoms with E-state index in [1.165, 1.54) is 12.8 Å². The summed E-state index contributed by atoms with van der Waals surface area (Å²) in [5, 5.41) is 3.41. The van der Waals surface area contributed by atoms with Crippen LogP contribution in [0.3, 0.4) is 0 Å². The molecule has 100 valence electrons. The molecular formula is C13H22N4O. The van der Waals surface area contributed by atoms with Gasteiger partial charge in [-0.25, -0.2) is 4.98 Å². The van der Waals surface area contributed by atoms with E-state index in [9.17, 15) is 0 Å². The molecule has 5 heteroatoms. The molecule has 0 saturated carbocycles. The predicted octanol–water partition coefficient (Wildman–Crippen LogP) is 1.45. The lowest BCUT2D eigenvalue weighted by Crippen LogP contribution is -2.44. The molecule has 2 heterocycles. The molecular weight excluding hydrogens is 228 g/mol.